The molecular formula is C29H45N7O2S. The Morgan fingerprint density at radius 1 is 1.26 bits per heavy atom. The van der Waals surface area contributed by atoms with Crippen molar-refractivity contribution in [1.29, 1.82) is 0 Å². The molecule has 2 aromatic rings. The van der Waals surface area contributed by atoms with Crippen molar-refractivity contribution in [3.63, 3.8) is 0 Å². The molecule has 0 amide bonds. The van der Waals surface area contributed by atoms with Crippen LogP contribution in [0.3, 0.4) is 0 Å². The maximum Gasteiger partial charge on any atom is 0.185 e. The molecule has 1 saturated heterocycles. The number of aromatic nitrogens is 2. The van der Waals surface area contributed by atoms with Gasteiger partial charge in [-0.1, -0.05) is 46.0 Å². The van der Waals surface area contributed by atoms with E-state index in [4.69, 9.17) is 38.1 Å². The third kappa shape index (κ3) is 8.96. The first kappa shape index (κ1) is 30.4. The predicted molar refractivity (Wildman–Crippen MR) is 164 cm³/mol. The van der Waals surface area contributed by atoms with Crippen LogP contribution in [0.2, 0.25) is 0 Å². The molecule has 9 nitrogen and oxygen atoms in total. The molecule has 1 fully saturated rings. The highest BCUT2D eigenvalue weighted by Gasteiger charge is 2.40. The summed E-state index contributed by atoms with van der Waals surface area (Å²) in [6, 6.07) is 9.36. The van der Waals surface area contributed by atoms with Crippen molar-refractivity contribution >= 4 is 41.6 Å². The lowest BCUT2D eigenvalue weighted by Crippen LogP contribution is -2.39. The fourth-order valence-corrected chi connectivity index (χ4v) is 5.14. The zero-order valence-electron chi connectivity index (χ0n) is 24.1. The molecule has 0 spiro atoms. The number of nitrogens with two attached hydrogens (primary N) is 2. The van der Waals surface area contributed by atoms with Crippen LogP contribution < -0.4 is 21.7 Å². The fraction of sp³-hybridized carbons (Fsp3) is 0.552. The number of allylic oxidation sites excluding steroid dienone is 1. The van der Waals surface area contributed by atoms with Gasteiger partial charge in [0.15, 0.2) is 17.5 Å². The first-order valence-corrected chi connectivity index (χ1v) is 14.1. The summed E-state index contributed by atoms with van der Waals surface area (Å²) < 4.78 is 12.7. The Hall–Kier alpha value is -3.11. The molecule has 0 radical (unpaired) electrons. The molecule has 3 rings (SSSR count). The van der Waals surface area contributed by atoms with E-state index in [9.17, 15) is 0 Å². The molecule has 0 aromatic carbocycles. The lowest BCUT2D eigenvalue weighted by molar-refractivity contribution is 0.0710. The topological polar surface area (TPSA) is 127 Å². The molecule has 0 saturated carbocycles. The van der Waals surface area contributed by atoms with Crippen molar-refractivity contribution in [2.24, 2.45) is 28.5 Å². The van der Waals surface area contributed by atoms with E-state index in [1.807, 2.05) is 24.3 Å². The number of rotatable bonds is 13. The van der Waals surface area contributed by atoms with Crippen LogP contribution >= 0.6 is 12.2 Å². The highest BCUT2D eigenvalue weighted by molar-refractivity contribution is 7.71. The van der Waals surface area contributed by atoms with Gasteiger partial charge in [-0.3, -0.25) is 0 Å². The van der Waals surface area contributed by atoms with Crippen LogP contribution in [-0.2, 0) is 9.47 Å². The van der Waals surface area contributed by atoms with Crippen LogP contribution in [0.1, 0.15) is 48.0 Å². The summed E-state index contributed by atoms with van der Waals surface area (Å²) >= 11 is 5.17. The molecule has 2 aromatic heterocycles. The van der Waals surface area contributed by atoms with Gasteiger partial charge in [-0.15, -0.1) is 0 Å². The SMILES string of the molecule is CC(C)C(COC(N)=CC=Nc1ccc(N)c(N2CC(OCCNc3cccc(=S)[nH]3)CC2(C)C)n1)C(C)C. The van der Waals surface area contributed by atoms with E-state index in [0.717, 1.165) is 12.2 Å². The molecule has 214 valence electrons. The minimum Gasteiger partial charge on any atom is -0.479 e. The summed E-state index contributed by atoms with van der Waals surface area (Å²) in [7, 11) is 0. The van der Waals surface area contributed by atoms with Gasteiger partial charge in [0, 0.05) is 30.9 Å². The second-order valence-electron chi connectivity index (χ2n) is 11.4. The van der Waals surface area contributed by atoms with Crippen LogP contribution in [0.4, 0.5) is 23.1 Å². The molecule has 1 aliphatic heterocycles. The second kappa shape index (κ2) is 13.8. The van der Waals surface area contributed by atoms with E-state index in [1.165, 1.54) is 0 Å². The van der Waals surface area contributed by atoms with Gasteiger partial charge in [0.2, 0.25) is 0 Å². The van der Waals surface area contributed by atoms with Gasteiger partial charge < -0.3 is 36.1 Å². The van der Waals surface area contributed by atoms with Crippen molar-refractivity contribution in [1.82, 2.24) is 9.97 Å². The monoisotopic (exact) mass is 555 g/mol. The van der Waals surface area contributed by atoms with Crippen molar-refractivity contribution in [3.8, 4) is 0 Å². The Morgan fingerprint density at radius 3 is 2.69 bits per heavy atom. The van der Waals surface area contributed by atoms with Crippen LogP contribution in [0, 0.1) is 22.4 Å². The molecule has 10 heteroatoms. The summed E-state index contributed by atoms with van der Waals surface area (Å²) in [6.07, 6.45) is 4.20. The number of ether oxygens (including phenoxy) is 2. The standard InChI is InChI=1S/C29H45N7O2S/c1-19(2)22(20(3)4)18-38-24(31)12-13-32-26-11-10-23(30)28(35-26)36-17-21(16-29(36,5)6)37-15-14-33-25-8-7-9-27(39)34-25/h7-13,19-22H,14-18,30-31H2,1-6H3,(H2,33,34,39). The molecule has 0 aliphatic carbocycles. The normalized spacial score (nSPS) is 17.6. The minimum absolute atomic E-state index is 0.0600. The summed E-state index contributed by atoms with van der Waals surface area (Å²) in [5.74, 6) is 3.96. The lowest BCUT2D eigenvalue weighted by atomic mass is 9.86. The second-order valence-corrected chi connectivity index (χ2v) is 11.8. The summed E-state index contributed by atoms with van der Waals surface area (Å²) in [4.78, 5) is 14.6. The molecule has 1 aliphatic rings. The van der Waals surface area contributed by atoms with Gasteiger partial charge >= 0.3 is 0 Å². The fourth-order valence-electron chi connectivity index (χ4n) is 4.95. The zero-order valence-corrected chi connectivity index (χ0v) is 24.9. The quantitative estimate of drug-likeness (QED) is 0.108. The molecule has 1 unspecified atom stereocenters. The van der Waals surface area contributed by atoms with Gasteiger partial charge in [-0.2, -0.15) is 0 Å². The average molecular weight is 556 g/mol. The van der Waals surface area contributed by atoms with Crippen molar-refractivity contribution in [2.45, 2.75) is 59.6 Å². The van der Waals surface area contributed by atoms with Gasteiger partial charge in [0.1, 0.15) is 10.5 Å². The van der Waals surface area contributed by atoms with E-state index in [2.05, 4.69) is 61.7 Å². The van der Waals surface area contributed by atoms with Crippen LogP contribution in [0.25, 0.3) is 0 Å². The Kier molecular flexibility index (Phi) is 10.8. The van der Waals surface area contributed by atoms with Crippen molar-refractivity contribution in [2.75, 3.05) is 42.3 Å². The Balaban J connectivity index is 1.58. The van der Waals surface area contributed by atoms with E-state index in [0.29, 0.717) is 71.9 Å². The van der Waals surface area contributed by atoms with Gasteiger partial charge in [-0.25, -0.2) is 9.98 Å². The number of anilines is 3. The first-order chi connectivity index (χ1) is 18.5. The van der Waals surface area contributed by atoms with E-state index in [-0.39, 0.29) is 11.6 Å². The third-order valence-corrected chi connectivity index (χ3v) is 7.37. The number of nitrogens with zero attached hydrogens (tertiary/aromatic N) is 3. The minimum atomic E-state index is -0.173. The molecule has 3 heterocycles. The zero-order chi connectivity index (χ0) is 28.6. The number of nitrogen functional groups attached to an aromatic ring is 1. The van der Waals surface area contributed by atoms with Crippen LogP contribution in [0.5, 0.6) is 0 Å². The number of nitrogens with one attached hydrogen (secondary N) is 2. The number of H-pyrrole nitrogens is 1. The molecule has 6 N–H and O–H groups in total. The average Bonchev–Trinajstić information content (AvgIpc) is 3.16. The summed E-state index contributed by atoms with van der Waals surface area (Å²) in [5, 5.41) is 3.31. The number of aromatic amines is 1. The number of aliphatic imine (C=N–C) groups is 1. The molecule has 1 atom stereocenters. The van der Waals surface area contributed by atoms with Crippen LogP contribution in [0.15, 0.2) is 47.3 Å². The van der Waals surface area contributed by atoms with E-state index < -0.39 is 0 Å². The Bertz CT molecular complexity index is 1180. The Labute approximate surface area is 238 Å². The van der Waals surface area contributed by atoms with Crippen LogP contribution in [-0.4, -0.2) is 54.1 Å². The van der Waals surface area contributed by atoms with Crippen molar-refractivity contribution in [3.05, 3.63) is 46.9 Å². The summed E-state index contributed by atoms with van der Waals surface area (Å²) in [6.45, 7) is 15.7. The van der Waals surface area contributed by atoms with E-state index in [1.54, 1.807) is 18.4 Å². The smallest absolute Gasteiger partial charge is 0.185 e. The van der Waals surface area contributed by atoms with Crippen molar-refractivity contribution < 1.29 is 9.47 Å². The lowest BCUT2D eigenvalue weighted by Gasteiger charge is -2.33. The third-order valence-electron chi connectivity index (χ3n) is 7.13. The largest absolute Gasteiger partial charge is 0.479 e. The first-order valence-electron chi connectivity index (χ1n) is 13.7. The summed E-state index contributed by atoms with van der Waals surface area (Å²) in [5.41, 5.74) is 12.8. The maximum absolute atomic E-state index is 6.36. The molecule has 0 bridgehead atoms. The maximum atomic E-state index is 6.36. The number of hydrogen-bond donors (Lipinski definition) is 4. The predicted octanol–water partition coefficient (Wildman–Crippen LogP) is 5.65. The molecule has 39 heavy (non-hydrogen) atoms. The number of pyridine rings is 2. The number of hydrogen-bond acceptors (Lipinski definition) is 9. The van der Waals surface area contributed by atoms with Gasteiger partial charge in [0.05, 0.1) is 25.0 Å². The van der Waals surface area contributed by atoms with Gasteiger partial charge in [0.25, 0.3) is 0 Å². The highest BCUT2D eigenvalue weighted by atomic mass is 32.1. The van der Waals surface area contributed by atoms with Gasteiger partial charge in [-0.05, 0) is 62.3 Å². The molecular weight excluding hydrogens is 510 g/mol. The Morgan fingerprint density at radius 2 is 2.00 bits per heavy atom. The van der Waals surface area contributed by atoms with E-state index >= 15 is 0 Å². The highest BCUT2D eigenvalue weighted by Crippen LogP contribution is 2.37.